The Morgan fingerprint density at radius 1 is 1.44 bits per heavy atom. The molecule has 1 aromatic rings. The Kier molecular flexibility index (Phi) is 3.74. The molecule has 0 saturated carbocycles. The molecule has 0 aliphatic heterocycles. The zero-order chi connectivity index (χ0) is 12.3. The molecule has 1 N–H and O–H groups in total. The number of halogens is 3. The molecule has 0 aliphatic carbocycles. The molecule has 6 heteroatoms. The fourth-order valence-electron chi connectivity index (χ4n) is 1.32. The highest BCUT2D eigenvalue weighted by molar-refractivity contribution is 5.10. The van der Waals surface area contributed by atoms with Gasteiger partial charge in [0.1, 0.15) is 5.69 Å². The van der Waals surface area contributed by atoms with Crippen LogP contribution in [0.25, 0.3) is 0 Å². The molecule has 0 amide bonds. The summed E-state index contributed by atoms with van der Waals surface area (Å²) in [6, 6.07) is 2.94. The maximum atomic E-state index is 12.6. The molecule has 90 valence electrons. The summed E-state index contributed by atoms with van der Waals surface area (Å²) in [5, 5.41) is 2.79. The van der Waals surface area contributed by atoms with E-state index in [1.165, 1.54) is 0 Å². The number of nitrogens with zero attached hydrogens (tertiary/aromatic N) is 1. The van der Waals surface area contributed by atoms with Gasteiger partial charge >= 0.3 is 6.18 Å². The Morgan fingerprint density at radius 3 is 2.56 bits per heavy atom. The van der Waals surface area contributed by atoms with Crippen molar-refractivity contribution in [2.75, 3.05) is 7.05 Å². The fourth-order valence-corrected chi connectivity index (χ4v) is 1.32. The summed E-state index contributed by atoms with van der Waals surface area (Å²) < 4.78 is 38.5. The van der Waals surface area contributed by atoms with Gasteiger partial charge in [0.2, 0.25) is 0 Å². The first kappa shape index (κ1) is 12.8. The van der Waals surface area contributed by atoms with Crippen LogP contribution in [0, 0.1) is 0 Å². The van der Waals surface area contributed by atoms with Gasteiger partial charge in [0, 0.05) is 18.7 Å². The van der Waals surface area contributed by atoms with Crippen LogP contribution in [0.5, 0.6) is 0 Å². The molecule has 1 unspecified atom stereocenters. The van der Waals surface area contributed by atoms with Crippen molar-refractivity contribution in [1.82, 2.24) is 9.88 Å². The van der Waals surface area contributed by atoms with Gasteiger partial charge in [-0.15, -0.1) is 0 Å². The van der Waals surface area contributed by atoms with Gasteiger partial charge in [0.15, 0.2) is 0 Å². The van der Waals surface area contributed by atoms with E-state index in [1.807, 2.05) is 0 Å². The predicted octanol–water partition coefficient (Wildman–Crippen LogP) is 1.47. The van der Waals surface area contributed by atoms with Crippen molar-refractivity contribution in [3.05, 3.63) is 34.2 Å². The lowest BCUT2D eigenvalue weighted by atomic mass is 10.2. The molecule has 0 bridgehead atoms. The van der Waals surface area contributed by atoms with Crippen LogP contribution in [0.4, 0.5) is 13.2 Å². The van der Waals surface area contributed by atoms with Gasteiger partial charge in [-0.3, -0.25) is 4.79 Å². The molecule has 1 atom stereocenters. The largest absolute Gasteiger partial charge is 0.431 e. The van der Waals surface area contributed by atoms with E-state index >= 15 is 0 Å². The minimum absolute atomic E-state index is 0.00891. The number of alkyl halides is 3. The third kappa shape index (κ3) is 2.85. The molecule has 0 aromatic carbocycles. The highest BCUT2D eigenvalue weighted by atomic mass is 19.4. The first-order valence-corrected chi connectivity index (χ1v) is 4.80. The Morgan fingerprint density at radius 2 is 2.06 bits per heavy atom. The van der Waals surface area contributed by atoms with Gasteiger partial charge in [-0.25, -0.2) is 0 Å². The van der Waals surface area contributed by atoms with Crippen LogP contribution in [-0.4, -0.2) is 17.7 Å². The van der Waals surface area contributed by atoms with Crippen molar-refractivity contribution < 1.29 is 13.2 Å². The summed E-state index contributed by atoms with van der Waals surface area (Å²) in [6.07, 6.45) is -4.51. The number of aromatic nitrogens is 1. The Hall–Kier alpha value is -1.30. The molecule has 1 rings (SSSR count). The third-order valence-electron chi connectivity index (χ3n) is 2.29. The van der Waals surface area contributed by atoms with Crippen molar-refractivity contribution in [2.45, 2.75) is 25.7 Å². The minimum Gasteiger partial charge on any atom is -0.315 e. The maximum absolute atomic E-state index is 12.6. The van der Waals surface area contributed by atoms with E-state index in [4.69, 9.17) is 0 Å². The normalized spacial score (nSPS) is 13.8. The van der Waals surface area contributed by atoms with Crippen LogP contribution in [0.1, 0.15) is 12.6 Å². The van der Waals surface area contributed by atoms with Crippen molar-refractivity contribution in [1.29, 1.82) is 0 Å². The van der Waals surface area contributed by atoms with Gasteiger partial charge in [0.25, 0.3) is 5.56 Å². The predicted molar refractivity (Wildman–Crippen MR) is 54.2 cm³/mol. The summed E-state index contributed by atoms with van der Waals surface area (Å²) in [7, 11) is 1.63. The highest BCUT2D eigenvalue weighted by Crippen LogP contribution is 2.28. The van der Waals surface area contributed by atoms with Gasteiger partial charge in [-0.2, -0.15) is 13.2 Å². The molecule has 0 saturated heterocycles. The number of pyridine rings is 1. The lowest BCUT2D eigenvalue weighted by molar-refractivity contribution is -0.144. The Labute approximate surface area is 90.9 Å². The second-order valence-electron chi connectivity index (χ2n) is 3.55. The van der Waals surface area contributed by atoms with Crippen LogP contribution in [0.3, 0.4) is 0 Å². The second-order valence-corrected chi connectivity index (χ2v) is 3.55. The molecule has 1 heterocycles. The van der Waals surface area contributed by atoms with Gasteiger partial charge in [-0.1, -0.05) is 6.07 Å². The average molecular weight is 234 g/mol. The highest BCUT2D eigenvalue weighted by Gasteiger charge is 2.34. The number of hydrogen-bond acceptors (Lipinski definition) is 2. The smallest absolute Gasteiger partial charge is 0.315 e. The number of likely N-dealkylation sites (N-methyl/N-ethyl adjacent to an activating group) is 1. The zero-order valence-corrected chi connectivity index (χ0v) is 9.01. The molecule has 0 radical (unpaired) electrons. The standard InChI is InChI=1S/C10H13F3N2O/c1-7(14-2)6-15-8(10(11,12)13)4-3-5-9(15)16/h3-5,7,14H,6H2,1-2H3. The molecule has 3 nitrogen and oxygen atoms in total. The summed E-state index contributed by atoms with van der Waals surface area (Å²) in [6.45, 7) is 1.70. The fraction of sp³-hybridized carbons (Fsp3) is 0.500. The lowest BCUT2D eigenvalue weighted by Gasteiger charge is -2.18. The van der Waals surface area contributed by atoms with Crippen LogP contribution in [-0.2, 0) is 12.7 Å². The molecular weight excluding hydrogens is 221 g/mol. The van der Waals surface area contributed by atoms with Crippen LogP contribution >= 0.6 is 0 Å². The Balaban J connectivity index is 3.20. The first-order chi connectivity index (χ1) is 7.36. The molecular formula is C10H13F3N2O. The van der Waals surface area contributed by atoms with E-state index in [-0.39, 0.29) is 12.6 Å². The average Bonchev–Trinajstić information content (AvgIpc) is 2.19. The van der Waals surface area contributed by atoms with E-state index in [0.717, 1.165) is 22.8 Å². The molecule has 1 aromatic heterocycles. The maximum Gasteiger partial charge on any atom is 0.431 e. The molecule has 0 fully saturated rings. The van der Waals surface area contributed by atoms with Crippen LogP contribution in [0.2, 0.25) is 0 Å². The SMILES string of the molecule is CNC(C)Cn1c(C(F)(F)F)cccc1=O. The first-order valence-electron chi connectivity index (χ1n) is 4.80. The second kappa shape index (κ2) is 4.69. The van der Waals surface area contributed by atoms with E-state index < -0.39 is 17.4 Å². The zero-order valence-electron chi connectivity index (χ0n) is 9.01. The summed E-state index contributed by atoms with van der Waals surface area (Å²) in [4.78, 5) is 11.4. The molecule has 0 aliphatic rings. The minimum atomic E-state index is -4.51. The van der Waals surface area contributed by atoms with E-state index in [1.54, 1.807) is 14.0 Å². The van der Waals surface area contributed by atoms with Crippen molar-refractivity contribution >= 4 is 0 Å². The van der Waals surface area contributed by atoms with E-state index in [9.17, 15) is 18.0 Å². The van der Waals surface area contributed by atoms with Crippen molar-refractivity contribution in [2.24, 2.45) is 0 Å². The van der Waals surface area contributed by atoms with E-state index in [0.29, 0.717) is 0 Å². The Bertz CT molecular complexity index is 411. The number of hydrogen-bond donors (Lipinski definition) is 1. The van der Waals surface area contributed by atoms with Gasteiger partial charge in [0.05, 0.1) is 0 Å². The van der Waals surface area contributed by atoms with Crippen molar-refractivity contribution in [3.63, 3.8) is 0 Å². The van der Waals surface area contributed by atoms with E-state index in [2.05, 4.69) is 5.32 Å². The quantitative estimate of drug-likeness (QED) is 0.859. The topological polar surface area (TPSA) is 34.0 Å². The van der Waals surface area contributed by atoms with Crippen LogP contribution < -0.4 is 10.9 Å². The van der Waals surface area contributed by atoms with Crippen LogP contribution in [0.15, 0.2) is 23.0 Å². The summed E-state index contributed by atoms with van der Waals surface area (Å²) in [5.41, 5.74) is -1.56. The monoisotopic (exact) mass is 234 g/mol. The van der Waals surface area contributed by atoms with Gasteiger partial charge in [-0.05, 0) is 20.0 Å². The number of nitrogens with one attached hydrogen (secondary N) is 1. The number of rotatable bonds is 3. The summed E-state index contributed by atoms with van der Waals surface area (Å²) in [5.74, 6) is 0. The molecule has 16 heavy (non-hydrogen) atoms. The third-order valence-corrected chi connectivity index (χ3v) is 2.29. The van der Waals surface area contributed by atoms with Gasteiger partial charge < -0.3 is 9.88 Å². The van der Waals surface area contributed by atoms with Crippen molar-refractivity contribution in [3.8, 4) is 0 Å². The molecule has 0 spiro atoms. The lowest BCUT2D eigenvalue weighted by Crippen LogP contribution is -2.35. The summed E-state index contributed by atoms with van der Waals surface area (Å²) >= 11 is 0.